The maximum atomic E-state index is 11.7. The van der Waals surface area contributed by atoms with E-state index in [2.05, 4.69) is 4.72 Å². The molecule has 90 valence electrons. The van der Waals surface area contributed by atoms with Crippen LogP contribution >= 0.6 is 0 Å². The van der Waals surface area contributed by atoms with Crippen LogP contribution < -0.4 is 4.72 Å². The summed E-state index contributed by atoms with van der Waals surface area (Å²) in [6.45, 7) is 0. The smallest absolute Gasteiger partial charge is 0.271 e. The summed E-state index contributed by atoms with van der Waals surface area (Å²) in [5, 5.41) is 2.09. The minimum atomic E-state index is -3.44. The van der Waals surface area contributed by atoms with E-state index >= 15 is 0 Å². The van der Waals surface area contributed by atoms with E-state index in [0.717, 1.165) is 15.1 Å². The van der Waals surface area contributed by atoms with Crippen LogP contribution in [-0.4, -0.2) is 26.8 Å². The van der Waals surface area contributed by atoms with Crippen LogP contribution in [0.2, 0.25) is 0 Å². The van der Waals surface area contributed by atoms with Gasteiger partial charge in [-0.05, 0) is 22.9 Å². The first kappa shape index (κ1) is 11.9. The van der Waals surface area contributed by atoms with Crippen LogP contribution in [0.3, 0.4) is 0 Å². The van der Waals surface area contributed by atoms with Gasteiger partial charge in [0.05, 0.1) is 5.69 Å². The maximum Gasteiger partial charge on any atom is 0.301 e. The number of benzene rings is 2. The van der Waals surface area contributed by atoms with Crippen molar-refractivity contribution in [3.8, 4) is 0 Å². The predicted octanol–water partition coefficient (Wildman–Crippen LogP) is 2.06. The molecular weight excluding hydrogens is 236 g/mol. The van der Waals surface area contributed by atoms with Gasteiger partial charge < -0.3 is 0 Å². The Morgan fingerprint density at radius 3 is 2.29 bits per heavy atom. The predicted molar refractivity (Wildman–Crippen MR) is 70.2 cm³/mol. The number of anilines is 1. The van der Waals surface area contributed by atoms with Crippen molar-refractivity contribution in [1.82, 2.24) is 4.31 Å². The fraction of sp³-hybridized carbons (Fsp3) is 0.167. The van der Waals surface area contributed by atoms with Gasteiger partial charge in [0.25, 0.3) is 0 Å². The van der Waals surface area contributed by atoms with Crippen LogP contribution in [0.25, 0.3) is 10.8 Å². The molecule has 0 saturated carbocycles. The summed E-state index contributed by atoms with van der Waals surface area (Å²) < 4.78 is 27.0. The second kappa shape index (κ2) is 4.35. The molecule has 1 N–H and O–H groups in total. The van der Waals surface area contributed by atoms with Gasteiger partial charge in [-0.3, -0.25) is 4.72 Å². The first-order valence-corrected chi connectivity index (χ1v) is 6.62. The molecule has 17 heavy (non-hydrogen) atoms. The molecule has 0 aliphatic rings. The molecule has 5 heteroatoms. The van der Waals surface area contributed by atoms with E-state index in [1.165, 1.54) is 14.1 Å². The topological polar surface area (TPSA) is 49.4 Å². The zero-order valence-electron chi connectivity index (χ0n) is 9.71. The molecule has 0 heterocycles. The molecule has 0 radical (unpaired) electrons. The number of hydrogen-bond donors (Lipinski definition) is 1. The van der Waals surface area contributed by atoms with E-state index in [1.54, 1.807) is 6.07 Å². The normalized spacial score (nSPS) is 11.9. The quantitative estimate of drug-likeness (QED) is 0.906. The molecule has 0 bridgehead atoms. The molecule has 0 unspecified atom stereocenters. The Balaban J connectivity index is 2.38. The van der Waals surface area contributed by atoms with Crippen LogP contribution in [-0.2, 0) is 10.2 Å². The largest absolute Gasteiger partial charge is 0.301 e. The van der Waals surface area contributed by atoms with E-state index in [0.29, 0.717) is 5.69 Å². The summed E-state index contributed by atoms with van der Waals surface area (Å²) >= 11 is 0. The van der Waals surface area contributed by atoms with Gasteiger partial charge >= 0.3 is 10.2 Å². The van der Waals surface area contributed by atoms with Gasteiger partial charge in [-0.1, -0.05) is 30.3 Å². The fourth-order valence-electron chi connectivity index (χ4n) is 1.49. The number of fused-ring (bicyclic) bond motifs is 1. The lowest BCUT2D eigenvalue weighted by Crippen LogP contribution is -2.28. The van der Waals surface area contributed by atoms with Gasteiger partial charge in [-0.2, -0.15) is 12.7 Å². The van der Waals surface area contributed by atoms with Gasteiger partial charge in [0, 0.05) is 14.1 Å². The van der Waals surface area contributed by atoms with Crippen molar-refractivity contribution < 1.29 is 8.42 Å². The molecule has 2 rings (SSSR count). The Labute approximate surface area is 101 Å². The number of nitrogens with zero attached hydrogens (tertiary/aromatic N) is 1. The average molecular weight is 250 g/mol. The van der Waals surface area contributed by atoms with E-state index in [1.807, 2.05) is 36.4 Å². The molecule has 0 amide bonds. The Kier molecular flexibility index (Phi) is 3.04. The van der Waals surface area contributed by atoms with E-state index < -0.39 is 10.2 Å². The zero-order valence-corrected chi connectivity index (χ0v) is 10.5. The Hall–Kier alpha value is -1.59. The number of nitrogens with one attached hydrogen (secondary N) is 1. The lowest BCUT2D eigenvalue weighted by molar-refractivity contribution is 0.527. The molecule has 0 saturated heterocycles. The van der Waals surface area contributed by atoms with Gasteiger partial charge in [0.2, 0.25) is 0 Å². The fourth-order valence-corrected chi connectivity index (χ4v) is 2.10. The summed E-state index contributed by atoms with van der Waals surface area (Å²) in [6, 6.07) is 13.3. The number of hydrogen-bond acceptors (Lipinski definition) is 2. The molecule has 4 nitrogen and oxygen atoms in total. The molecule has 0 aliphatic heterocycles. The Bertz CT molecular complexity index is 636. The SMILES string of the molecule is CN(C)S(=O)(=O)Nc1ccc2ccccc2c1. The lowest BCUT2D eigenvalue weighted by Gasteiger charge is -2.13. The highest BCUT2D eigenvalue weighted by atomic mass is 32.2. The summed E-state index contributed by atoms with van der Waals surface area (Å²) in [5.41, 5.74) is 0.567. The zero-order chi connectivity index (χ0) is 12.5. The van der Waals surface area contributed by atoms with Crippen molar-refractivity contribution in [1.29, 1.82) is 0 Å². The third-order valence-electron chi connectivity index (χ3n) is 2.48. The molecule has 0 fully saturated rings. The Morgan fingerprint density at radius 1 is 1.00 bits per heavy atom. The highest BCUT2D eigenvalue weighted by Gasteiger charge is 2.12. The van der Waals surface area contributed by atoms with E-state index in [-0.39, 0.29) is 0 Å². The van der Waals surface area contributed by atoms with Crippen molar-refractivity contribution in [2.75, 3.05) is 18.8 Å². The van der Waals surface area contributed by atoms with Crippen molar-refractivity contribution in [2.24, 2.45) is 0 Å². The number of rotatable bonds is 3. The van der Waals surface area contributed by atoms with Gasteiger partial charge in [0.1, 0.15) is 0 Å². The van der Waals surface area contributed by atoms with E-state index in [9.17, 15) is 8.42 Å². The molecule has 0 atom stereocenters. The van der Waals surface area contributed by atoms with Gasteiger partial charge in [-0.15, -0.1) is 0 Å². The maximum absolute atomic E-state index is 11.7. The summed E-state index contributed by atoms with van der Waals surface area (Å²) in [6.07, 6.45) is 0. The summed E-state index contributed by atoms with van der Waals surface area (Å²) in [7, 11) is -0.458. The third-order valence-corrected chi connectivity index (χ3v) is 3.93. The van der Waals surface area contributed by atoms with Crippen LogP contribution in [0.5, 0.6) is 0 Å². The van der Waals surface area contributed by atoms with Crippen LogP contribution in [0.15, 0.2) is 42.5 Å². The first-order chi connectivity index (χ1) is 7.99. The van der Waals surface area contributed by atoms with Crippen LogP contribution in [0.1, 0.15) is 0 Å². The molecular formula is C12H14N2O2S. The standard InChI is InChI=1S/C12H14N2O2S/c1-14(2)17(15,16)13-12-8-7-10-5-3-4-6-11(10)9-12/h3-9,13H,1-2H3. The van der Waals surface area contributed by atoms with Crippen molar-refractivity contribution in [2.45, 2.75) is 0 Å². The van der Waals surface area contributed by atoms with Gasteiger partial charge in [-0.25, -0.2) is 0 Å². The molecule has 2 aromatic carbocycles. The second-order valence-corrected chi connectivity index (χ2v) is 5.84. The van der Waals surface area contributed by atoms with Crippen LogP contribution in [0.4, 0.5) is 5.69 Å². The van der Waals surface area contributed by atoms with Crippen LogP contribution in [0, 0.1) is 0 Å². The molecule has 2 aromatic rings. The van der Waals surface area contributed by atoms with Crippen molar-refractivity contribution in [3.63, 3.8) is 0 Å². The van der Waals surface area contributed by atoms with Crippen molar-refractivity contribution >= 4 is 26.7 Å². The molecule has 0 aromatic heterocycles. The van der Waals surface area contributed by atoms with Gasteiger partial charge in [0.15, 0.2) is 0 Å². The lowest BCUT2D eigenvalue weighted by atomic mass is 10.1. The van der Waals surface area contributed by atoms with Crippen molar-refractivity contribution in [3.05, 3.63) is 42.5 Å². The second-order valence-electron chi connectivity index (χ2n) is 3.95. The monoisotopic (exact) mass is 250 g/mol. The highest BCUT2D eigenvalue weighted by molar-refractivity contribution is 7.90. The van der Waals surface area contributed by atoms with E-state index in [4.69, 9.17) is 0 Å². The minimum absolute atomic E-state index is 0.567. The molecule has 0 aliphatic carbocycles. The molecule has 0 spiro atoms. The first-order valence-electron chi connectivity index (χ1n) is 5.18. The minimum Gasteiger partial charge on any atom is -0.271 e. The Morgan fingerprint density at radius 2 is 1.65 bits per heavy atom. The summed E-state index contributed by atoms with van der Waals surface area (Å²) in [4.78, 5) is 0. The average Bonchev–Trinajstić information content (AvgIpc) is 2.28. The third kappa shape index (κ3) is 2.57. The summed E-state index contributed by atoms with van der Waals surface area (Å²) in [5.74, 6) is 0. The highest BCUT2D eigenvalue weighted by Crippen LogP contribution is 2.19.